The molecule has 1 heterocycles. The SMILES string of the molecule is Cl.Clc1ccc(C2(c3ccc(Br)cc3)CCNCC2)cc1. The quantitative estimate of drug-likeness (QED) is 0.748. The molecule has 1 N–H and O–H groups in total. The molecule has 4 heteroatoms. The standard InChI is InChI=1S/C17H17BrClN.ClH/c18-15-5-1-13(2-6-15)17(9-11-20-12-10-17)14-3-7-16(19)8-4-14;/h1-8,20H,9-12H2;1H. The number of benzene rings is 2. The second-order valence-corrected chi connectivity index (χ2v) is 6.70. The lowest BCUT2D eigenvalue weighted by Crippen LogP contribution is -2.40. The van der Waals surface area contributed by atoms with E-state index in [0.717, 1.165) is 35.4 Å². The van der Waals surface area contributed by atoms with Crippen LogP contribution < -0.4 is 5.32 Å². The topological polar surface area (TPSA) is 12.0 Å². The maximum atomic E-state index is 6.04. The van der Waals surface area contributed by atoms with Gasteiger partial charge in [0.1, 0.15) is 0 Å². The molecule has 1 aliphatic rings. The van der Waals surface area contributed by atoms with Gasteiger partial charge in [-0.15, -0.1) is 12.4 Å². The average molecular weight is 387 g/mol. The Morgan fingerprint density at radius 1 is 0.857 bits per heavy atom. The molecule has 0 unspecified atom stereocenters. The highest BCUT2D eigenvalue weighted by molar-refractivity contribution is 9.10. The van der Waals surface area contributed by atoms with Crippen LogP contribution in [0.1, 0.15) is 24.0 Å². The third-order valence-electron chi connectivity index (χ3n) is 4.25. The first-order chi connectivity index (χ1) is 9.71. The Labute approximate surface area is 145 Å². The molecule has 2 aromatic carbocycles. The Balaban J connectivity index is 0.00000161. The van der Waals surface area contributed by atoms with Crippen molar-refractivity contribution in [2.24, 2.45) is 0 Å². The van der Waals surface area contributed by atoms with Crippen molar-refractivity contribution in [3.8, 4) is 0 Å². The second-order valence-electron chi connectivity index (χ2n) is 5.35. The zero-order chi connectivity index (χ0) is 14.0. The Hall–Kier alpha value is -0.540. The molecule has 1 nitrogen and oxygen atoms in total. The highest BCUT2D eigenvalue weighted by atomic mass is 79.9. The van der Waals surface area contributed by atoms with Gasteiger partial charge in [0.05, 0.1) is 0 Å². The predicted molar refractivity (Wildman–Crippen MR) is 95.7 cm³/mol. The summed E-state index contributed by atoms with van der Waals surface area (Å²) < 4.78 is 1.13. The van der Waals surface area contributed by atoms with Crippen LogP contribution in [0.15, 0.2) is 53.0 Å². The summed E-state index contributed by atoms with van der Waals surface area (Å²) in [5.41, 5.74) is 2.87. The summed E-state index contributed by atoms with van der Waals surface area (Å²) in [4.78, 5) is 0. The van der Waals surface area contributed by atoms with Crippen molar-refractivity contribution in [2.45, 2.75) is 18.3 Å². The summed E-state index contributed by atoms with van der Waals surface area (Å²) in [6.07, 6.45) is 2.24. The molecule has 2 aromatic rings. The highest BCUT2D eigenvalue weighted by Gasteiger charge is 2.35. The van der Waals surface area contributed by atoms with Crippen LogP contribution in [0.2, 0.25) is 5.02 Å². The third-order valence-corrected chi connectivity index (χ3v) is 5.03. The molecule has 1 fully saturated rings. The number of nitrogens with one attached hydrogen (secondary N) is 1. The second kappa shape index (κ2) is 7.15. The summed E-state index contributed by atoms with van der Waals surface area (Å²) in [6.45, 7) is 2.11. The number of hydrogen-bond acceptors (Lipinski definition) is 1. The van der Waals surface area contributed by atoms with Gasteiger partial charge in [0.2, 0.25) is 0 Å². The largest absolute Gasteiger partial charge is 0.317 e. The van der Waals surface area contributed by atoms with Gasteiger partial charge in [-0.1, -0.05) is 51.8 Å². The van der Waals surface area contributed by atoms with Crippen molar-refractivity contribution >= 4 is 39.9 Å². The van der Waals surface area contributed by atoms with Crippen molar-refractivity contribution in [1.82, 2.24) is 5.32 Å². The van der Waals surface area contributed by atoms with E-state index >= 15 is 0 Å². The average Bonchev–Trinajstić information content (AvgIpc) is 2.49. The fourth-order valence-corrected chi connectivity index (χ4v) is 3.53. The van der Waals surface area contributed by atoms with Gasteiger partial charge in [0.15, 0.2) is 0 Å². The Morgan fingerprint density at radius 3 is 1.86 bits per heavy atom. The van der Waals surface area contributed by atoms with Gasteiger partial charge < -0.3 is 5.32 Å². The van der Waals surface area contributed by atoms with E-state index in [1.807, 2.05) is 12.1 Å². The number of rotatable bonds is 2. The molecule has 21 heavy (non-hydrogen) atoms. The van der Waals surface area contributed by atoms with E-state index < -0.39 is 0 Å². The first-order valence-electron chi connectivity index (χ1n) is 6.93. The zero-order valence-corrected chi connectivity index (χ0v) is 14.8. The fourth-order valence-electron chi connectivity index (χ4n) is 3.14. The molecule has 0 radical (unpaired) electrons. The van der Waals surface area contributed by atoms with E-state index in [2.05, 4.69) is 57.6 Å². The number of piperidine rings is 1. The van der Waals surface area contributed by atoms with Crippen LogP contribution in [0.3, 0.4) is 0 Å². The lowest BCUT2D eigenvalue weighted by Gasteiger charge is -2.39. The maximum absolute atomic E-state index is 6.04. The van der Waals surface area contributed by atoms with Gasteiger partial charge >= 0.3 is 0 Å². The van der Waals surface area contributed by atoms with Crippen LogP contribution in [-0.4, -0.2) is 13.1 Å². The minimum Gasteiger partial charge on any atom is -0.317 e. The Kier molecular flexibility index (Phi) is 5.73. The molecule has 0 bridgehead atoms. The minimum atomic E-state index is 0. The normalized spacial score (nSPS) is 17.0. The van der Waals surface area contributed by atoms with Crippen molar-refractivity contribution in [2.75, 3.05) is 13.1 Å². The van der Waals surface area contributed by atoms with E-state index in [9.17, 15) is 0 Å². The lowest BCUT2D eigenvalue weighted by atomic mass is 9.68. The summed E-state index contributed by atoms with van der Waals surface area (Å²) in [5.74, 6) is 0. The smallest absolute Gasteiger partial charge is 0.0406 e. The van der Waals surface area contributed by atoms with Gasteiger partial charge in [0.25, 0.3) is 0 Å². The Bertz CT molecular complexity index is 527. The van der Waals surface area contributed by atoms with Gasteiger partial charge in [0, 0.05) is 14.9 Å². The first kappa shape index (κ1) is 16.8. The monoisotopic (exact) mass is 385 g/mol. The first-order valence-corrected chi connectivity index (χ1v) is 8.11. The summed E-state index contributed by atoms with van der Waals surface area (Å²) in [5, 5.41) is 4.27. The number of halogens is 3. The van der Waals surface area contributed by atoms with Gasteiger partial charge in [-0.2, -0.15) is 0 Å². The van der Waals surface area contributed by atoms with Crippen LogP contribution in [0.5, 0.6) is 0 Å². The number of hydrogen-bond donors (Lipinski definition) is 1. The predicted octanol–water partition coefficient (Wildman–Crippen LogP) is 5.19. The van der Waals surface area contributed by atoms with Crippen LogP contribution >= 0.6 is 39.9 Å². The van der Waals surface area contributed by atoms with Crippen molar-refractivity contribution in [3.05, 3.63) is 69.2 Å². The molecule has 1 aliphatic heterocycles. The fraction of sp³-hybridized carbons (Fsp3) is 0.294. The molecule has 3 rings (SSSR count). The molecular formula is C17H18BrCl2N. The maximum Gasteiger partial charge on any atom is 0.0406 e. The van der Waals surface area contributed by atoms with E-state index in [-0.39, 0.29) is 17.8 Å². The zero-order valence-electron chi connectivity index (χ0n) is 11.6. The molecular weight excluding hydrogens is 369 g/mol. The summed E-state index contributed by atoms with van der Waals surface area (Å²) >= 11 is 9.57. The molecule has 0 atom stereocenters. The molecule has 0 amide bonds. The summed E-state index contributed by atoms with van der Waals surface area (Å²) in [6, 6.07) is 17.1. The lowest BCUT2D eigenvalue weighted by molar-refractivity contribution is 0.362. The van der Waals surface area contributed by atoms with Gasteiger partial charge in [-0.05, 0) is 61.3 Å². The van der Waals surface area contributed by atoms with Crippen molar-refractivity contribution < 1.29 is 0 Å². The molecule has 0 aliphatic carbocycles. The summed E-state index contributed by atoms with van der Waals surface area (Å²) in [7, 11) is 0. The van der Waals surface area contributed by atoms with Gasteiger partial charge in [-0.25, -0.2) is 0 Å². The van der Waals surface area contributed by atoms with Crippen molar-refractivity contribution in [1.29, 1.82) is 0 Å². The van der Waals surface area contributed by atoms with Crippen LogP contribution in [-0.2, 0) is 5.41 Å². The molecule has 0 spiro atoms. The minimum absolute atomic E-state index is 0. The van der Waals surface area contributed by atoms with Crippen LogP contribution in [0.4, 0.5) is 0 Å². The van der Waals surface area contributed by atoms with Gasteiger partial charge in [-0.3, -0.25) is 0 Å². The third kappa shape index (κ3) is 3.45. The van der Waals surface area contributed by atoms with E-state index in [4.69, 9.17) is 11.6 Å². The Morgan fingerprint density at radius 2 is 1.33 bits per heavy atom. The molecule has 0 saturated carbocycles. The van der Waals surface area contributed by atoms with Crippen LogP contribution in [0.25, 0.3) is 0 Å². The van der Waals surface area contributed by atoms with E-state index in [0.29, 0.717) is 0 Å². The molecule has 112 valence electrons. The van der Waals surface area contributed by atoms with Crippen LogP contribution in [0, 0.1) is 0 Å². The molecule has 0 aromatic heterocycles. The van der Waals surface area contributed by atoms with E-state index in [1.54, 1.807) is 0 Å². The van der Waals surface area contributed by atoms with Crippen molar-refractivity contribution in [3.63, 3.8) is 0 Å². The highest BCUT2D eigenvalue weighted by Crippen LogP contribution is 2.40. The molecule has 1 saturated heterocycles. The van der Waals surface area contributed by atoms with E-state index in [1.165, 1.54) is 11.1 Å².